The number of rotatable bonds is 8. The first-order chi connectivity index (χ1) is 9.46. The highest BCUT2D eigenvalue weighted by molar-refractivity contribution is 5.78. The monoisotopic (exact) mass is 277 g/mol. The SMILES string of the molecule is CCCCc1ccc(CC(=O)NCC(C)(O)CC)cc1. The highest BCUT2D eigenvalue weighted by atomic mass is 16.3. The molecule has 0 bridgehead atoms. The van der Waals surface area contributed by atoms with Gasteiger partial charge in [-0.1, -0.05) is 44.5 Å². The molecule has 0 aliphatic rings. The van der Waals surface area contributed by atoms with E-state index in [9.17, 15) is 9.90 Å². The molecule has 1 rings (SSSR count). The van der Waals surface area contributed by atoms with Gasteiger partial charge in [0, 0.05) is 6.54 Å². The summed E-state index contributed by atoms with van der Waals surface area (Å²) in [6.07, 6.45) is 4.49. The molecule has 1 aromatic rings. The van der Waals surface area contributed by atoms with Crippen molar-refractivity contribution < 1.29 is 9.90 Å². The van der Waals surface area contributed by atoms with Gasteiger partial charge in [0.1, 0.15) is 0 Å². The van der Waals surface area contributed by atoms with Crippen molar-refractivity contribution in [1.82, 2.24) is 5.32 Å². The lowest BCUT2D eigenvalue weighted by atomic mass is 10.0. The summed E-state index contributed by atoms with van der Waals surface area (Å²) in [5.41, 5.74) is 1.52. The Bertz CT molecular complexity index is 410. The molecule has 2 N–H and O–H groups in total. The summed E-state index contributed by atoms with van der Waals surface area (Å²) >= 11 is 0. The number of hydrogen-bond acceptors (Lipinski definition) is 2. The minimum Gasteiger partial charge on any atom is -0.388 e. The van der Waals surface area contributed by atoms with Crippen LogP contribution in [-0.4, -0.2) is 23.2 Å². The Balaban J connectivity index is 2.42. The number of carbonyl (C=O) groups is 1. The van der Waals surface area contributed by atoms with Crippen LogP contribution in [0.3, 0.4) is 0 Å². The fourth-order valence-corrected chi connectivity index (χ4v) is 1.87. The maximum atomic E-state index is 11.8. The number of benzene rings is 1. The average molecular weight is 277 g/mol. The van der Waals surface area contributed by atoms with Crippen LogP contribution in [0.4, 0.5) is 0 Å². The van der Waals surface area contributed by atoms with Gasteiger partial charge in [0.15, 0.2) is 0 Å². The first-order valence-corrected chi connectivity index (χ1v) is 7.53. The van der Waals surface area contributed by atoms with Crippen LogP contribution in [0.1, 0.15) is 51.2 Å². The average Bonchev–Trinajstić information content (AvgIpc) is 2.45. The molecule has 0 spiro atoms. The summed E-state index contributed by atoms with van der Waals surface area (Å²) in [5.74, 6) is -0.0416. The third-order valence-corrected chi connectivity index (χ3v) is 3.63. The van der Waals surface area contributed by atoms with Crippen LogP contribution >= 0.6 is 0 Å². The van der Waals surface area contributed by atoms with Crippen molar-refractivity contribution in [3.63, 3.8) is 0 Å². The molecule has 1 atom stereocenters. The molecule has 0 saturated heterocycles. The Kier molecular flexibility index (Phi) is 6.73. The standard InChI is InChI=1S/C17H27NO2/c1-4-6-7-14-8-10-15(11-9-14)12-16(19)18-13-17(3,20)5-2/h8-11,20H,4-7,12-13H2,1-3H3,(H,18,19). The molecule has 0 fully saturated rings. The van der Waals surface area contributed by atoms with Crippen molar-refractivity contribution in [2.75, 3.05) is 6.54 Å². The van der Waals surface area contributed by atoms with Gasteiger partial charge in [0.25, 0.3) is 0 Å². The second-order valence-electron chi connectivity index (χ2n) is 5.72. The van der Waals surface area contributed by atoms with E-state index in [4.69, 9.17) is 0 Å². The Morgan fingerprint density at radius 3 is 2.35 bits per heavy atom. The number of unbranched alkanes of at least 4 members (excludes halogenated alkanes) is 1. The van der Waals surface area contributed by atoms with Crippen molar-refractivity contribution in [3.05, 3.63) is 35.4 Å². The van der Waals surface area contributed by atoms with E-state index in [1.807, 2.05) is 19.1 Å². The van der Waals surface area contributed by atoms with Crippen LogP contribution in [0, 0.1) is 0 Å². The van der Waals surface area contributed by atoms with Crippen LogP contribution in [0.5, 0.6) is 0 Å². The molecule has 1 unspecified atom stereocenters. The lowest BCUT2D eigenvalue weighted by Gasteiger charge is -2.21. The van der Waals surface area contributed by atoms with Gasteiger partial charge in [-0.15, -0.1) is 0 Å². The van der Waals surface area contributed by atoms with E-state index in [0.29, 0.717) is 19.4 Å². The summed E-state index contributed by atoms with van der Waals surface area (Å²) in [4.78, 5) is 11.8. The van der Waals surface area contributed by atoms with Crippen molar-refractivity contribution in [1.29, 1.82) is 0 Å². The van der Waals surface area contributed by atoms with Gasteiger partial charge in [-0.3, -0.25) is 4.79 Å². The molecule has 112 valence electrons. The number of aliphatic hydroxyl groups is 1. The van der Waals surface area contributed by atoms with Gasteiger partial charge in [-0.2, -0.15) is 0 Å². The lowest BCUT2D eigenvalue weighted by molar-refractivity contribution is -0.121. The van der Waals surface area contributed by atoms with Crippen LogP contribution in [0.25, 0.3) is 0 Å². The number of aryl methyl sites for hydroxylation is 1. The first-order valence-electron chi connectivity index (χ1n) is 7.53. The third-order valence-electron chi connectivity index (χ3n) is 3.63. The molecular weight excluding hydrogens is 250 g/mol. The predicted molar refractivity (Wildman–Crippen MR) is 82.7 cm³/mol. The van der Waals surface area contributed by atoms with E-state index in [2.05, 4.69) is 24.4 Å². The zero-order valence-electron chi connectivity index (χ0n) is 12.9. The van der Waals surface area contributed by atoms with E-state index in [0.717, 1.165) is 12.0 Å². The Labute approximate surface area is 122 Å². The van der Waals surface area contributed by atoms with Gasteiger partial charge in [0.2, 0.25) is 5.91 Å². The van der Waals surface area contributed by atoms with Crippen molar-refractivity contribution in [2.45, 2.75) is 58.5 Å². The van der Waals surface area contributed by atoms with Crippen molar-refractivity contribution in [3.8, 4) is 0 Å². The third kappa shape index (κ3) is 6.20. The zero-order chi connectivity index (χ0) is 15.0. The summed E-state index contributed by atoms with van der Waals surface area (Å²) in [5, 5.41) is 12.6. The molecule has 0 radical (unpaired) electrons. The maximum Gasteiger partial charge on any atom is 0.224 e. The largest absolute Gasteiger partial charge is 0.388 e. The number of hydrogen-bond donors (Lipinski definition) is 2. The van der Waals surface area contributed by atoms with Crippen LogP contribution in [-0.2, 0) is 17.6 Å². The number of amides is 1. The Morgan fingerprint density at radius 1 is 1.20 bits per heavy atom. The molecule has 1 aromatic carbocycles. The van der Waals surface area contributed by atoms with E-state index < -0.39 is 5.60 Å². The lowest BCUT2D eigenvalue weighted by Crippen LogP contribution is -2.40. The quantitative estimate of drug-likeness (QED) is 0.767. The Hall–Kier alpha value is -1.35. The summed E-state index contributed by atoms with van der Waals surface area (Å²) in [6.45, 7) is 6.12. The van der Waals surface area contributed by atoms with Crippen LogP contribution in [0.2, 0.25) is 0 Å². The summed E-state index contributed by atoms with van der Waals surface area (Å²) in [7, 11) is 0. The minimum atomic E-state index is -0.820. The maximum absolute atomic E-state index is 11.8. The smallest absolute Gasteiger partial charge is 0.224 e. The zero-order valence-corrected chi connectivity index (χ0v) is 12.9. The number of carbonyl (C=O) groups excluding carboxylic acids is 1. The normalized spacial score (nSPS) is 13.8. The van der Waals surface area contributed by atoms with Gasteiger partial charge in [0.05, 0.1) is 12.0 Å². The molecule has 0 saturated carbocycles. The second-order valence-corrected chi connectivity index (χ2v) is 5.72. The second kappa shape index (κ2) is 8.05. The molecule has 20 heavy (non-hydrogen) atoms. The highest BCUT2D eigenvalue weighted by Crippen LogP contribution is 2.09. The van der Waals surface area contributed by atoms with Gasteiger partial charge in [-0.25, -0.2) is 0 Å². The molecule has 3 nitrogen and oxygen atoms in total. The molecular formula is C17H27NO2. The summed E-state index contributed by atoms with van der Waals surface area (Å²) < 4.78 is 0. The van der Waals surface area contributed by atoms with Crippen molar-refractivity contribution >= 4 is 5.91 Å². The van der Waals surface area contributed by atoms with E-state index in [-0.39, 0.29) is 5.91 Å². The molecule has 0 aliphatic heterocycles. The fourth-order valence-electron chi connectivity index (χ4n) is 1.87. The molecule has 0 aliphatic carbocycles. The molecule has 0 heterocycles. The molecule has 1 amide bonds. The predicted octanol–water partition coefficient (Wildman–Crippen LogP) is 2.85. The van der Waals surface area contributed by atoms with E-state index >= 15 is 0 Å². The van der Waals surface area contributed by atoms with Crippen LogP contribution in [0.15, 0.2) is 24.3 Å². The topological polar surface area (TPSA) is 49.3 Å². The first kappa shape index (κ1) is 16.7. The Morgan fingerprint density at radius 2 is 1.80 bits per heavy atom. The fraction of sp³-hybridized carbons (Fsp3) is 0.588. The minimum absolute atomic E-state index is 0.0416. The van der Waals surface area contributed by atoms with E-state index in [1.54, 1.807) is 6.92 Å². The van der Waals surface area contributed by atoms with Crippen LogP contribution < -0.4 is 5.32 Å². The van der Waals surface area contributed by atoms with Crippen molar-refractivity contribution in [2.24, 2.45) is 0 Å². The summed E-state index contributed by atoms with van der Waals surface area (Å²) in [6, 6.07) is 8.23. The van der Waals surface area contributed by atoms with Gasteiger partial charge in [-0.05, 0) is 37.3 Å². The van der Waals surface area contributed by atoms with E-state index in [1.165, 1.54) is 18.4 Å². The molecule has 3 heteroatoms. The van der Waals surface area contributed by atoms with Gasteiger partial charge >= 0.3 is 0 Å². The molecule has 0 aromatic heterocycles. The number of nitrogens with one attached hydrogen (secondary N) is 1. The van der Waals surface area contributed by atoms with Gasteiger partial charge < -0.3 is 10.4 Å². The highest BCUT2D eigenvalue weighted by Gasteiger charge is 2.18.